The van der Waals surface area contributed by atoms with Gasteiger partial charge in [-0.15, -0.1) is 0 Å². The van der Waals surface area contributed by atoms with Gasteiger partial charge in [-0.2, -0.15) is 0 Å². The van der Waals surface area contributed by atoms with Crippen molar-refractivity contribution in [2.45, 2.75) is 51.6 Å². The van der Waals surface area contributed by atoms with Gasteiger partial charge in [-0.25, -0.2) is 0 Å². The van der Waals surface area contributed by atoms with Crippen LogP contribution in [-0.2, 0) is 0 Å². The van der Waals surface area contributed by atoms with Crippen LogP contribution in [0.3, 0.4) is 0 Å². The third-order valence-corrected chi connectivity index (χ3v) is 3.18. The predicted molar refractivity (Wildman–Crippen MR) is 48.9 cm³/mol. The van der Waals surface area contributed by atoms with Crippen molar-refractivity contribution in [2.75, 3.05) is 6.61 Å². The lowest BCUT2D eigenvalue weighted by Crippen LogP contribution is -2.35. The van der Waals surface area contributed by atoms with Crippen LogP contribution in [-0.4, -0.2) is 22.9 Å². The van der Waals surface area contributed by atoms with Crippen molar-refractivity contribution >= 4 is 0 Å². The Hall–Kier alpha value is -0.0800. The highest BCUT2D eigenvalue weighted by Crippen LogP contribution is 2.41. The van der Waals surface area contributed by atoms with Gasteiger partial charge in [-0.3, -0.25) is 0 Å². The molecule has 1 saturated carbocycles. The summed E-state index contributed by atoms with van der Waals surface area (Å²) in [6.07, 6.45) is 5.90. The molecule has 0 aliphatic heterocycles. The van der Waals surface area contributed by atoms with E-state index in [1.165, 1.54) is 12.8 Å². The Bertz CT molecular complexity index is 128. The Kier molecular flexibility index (Phi) is 3.53. The average molecular weight is 172 g/mol. The maximum atomic E-state index is 9.84. The minimum absolute atomic E-state index is 0.143. The molecule has 12 heavy (non-hydrogen) atoms. The second-order valence-electron chi connectivity index (χ2n) is 4.03. The van der Waals surface area contributed by atoms with Gasteiger partial charge in [0.1, 0.15) is 0 Å². The molecule has 1 aliphatic carbocycles. The Morgan fingerprint density at radius 2 is 1.92 bits per heavy atom. The zero-order valence-electron chi connectivity index (χ0n) is 7.92. The van der Waals surface area contributed by atoms with Gasteiger partial charge >= 0.3 is 0 Å². The highest BCUT2D eigenvalue weighted by Gasteiger charge is 2.39. The number of rotatable bonds is 4. The molecule has 0 spiro atoms. The van der Waals surface area contributed by atoms with Gasteiger partial charge in [0.15, 0.2) is 0 Å². The lowest BCUT2D eigenvalue weighted by Gasteiger charge is -2.32. The molecule has 0 aromatic heterocycles. The molecule has 0 radical (unpaired) electrons. The minimum atomic E-state index is -0.282. The normalized spacial score (nSPS) is 24.2. The van der Waals surface area contributed by atoms with Crippen LogP contribution in [0.25, 0.3) is 0 Å². The predicted octanol–water partition coefficient (Wildman–Crippen LogP) is 1.70. The lowest BCUT2D eigenvalue weighted by molar-refractivity contribution is -0.0182. The van der Waals surface area contributed by atoms with Crippen molar-refractivity contribution in [1.29, 1.82) is 0 Å². The summed E-state index contributed by atoms with van der Waals surface area (Å²) in [5.41, 5.74) is -0.143. The first kappa shape index (κ1) is 10.0. The van der Waals surface area contributed by atoms with Crippen molar-refractivity contribution in [3.8, 4) is 0 Å². The molecule has 0 aromatic rings. The standard InChI is InChI=1S/C10H20O2/c1-2-5-9(12)10(8-11)6-3-4-7-10/h9,11-12H,2-8H2,1H3/t9-/m1/s1. The summed E-state index contributed by atoms with van der Waals surface area (Å²) in [7, 11) is 0. The molecule has 0 aromatic carbocycles. The molecule has 0 heterocycles. The molecule has 0 amide bonds. The zero-order valence-corrected chi connectivity index (χ0v) is 7.92. The number of hydrogen-bond donors (Lipinski definition) is 2. The zero-order chi connectivity index (χ0) is 9.03. The van der Waals surface area contributed by atoms with E-state index in [1.54, 1.807) is 0 Å². The van der Waals surface area contributed by atoms with E-state index in [2.05, 4.69) is 6.92 Å². The van der Waals surface area contributed by atoms with Gasteiger partial charge in [0.2, 0.25) is 0 Å². The molecule has 1 fully saturated rings. The Morgan fingerprint density at radius 1 is 1.33 bits per heavy atom. The molecular weight excluding hydrogens is 152 g/mol. The summed E-state index contributed by atoms with van der Waals surface area (Å²) in [5.74, 6) is 0. The van der Waals surface area contributed by atoms with E-state index in [-0.39, 0.29) is 18.1 Å². The first-order valence-electron chi connectivity index (χ1n) is 5.04. The summed E-state index contributed by atoms with van der Waals surface area (Å²) in [4.78, 5) is 0. The van der Waals surface area contributed by atoms with Crippen molar-refractivity contribution in [1.82, 2.24) is 0 Å². The quantitative estimate of drug-likeness (QED) is 0.677. The van der Waals surface area contributed by atoms with E-state index in [1.807, 2.05) is 0 Å². The fourth-order valence-electron chi connectivity index (χ4n) is 2.26. The van der Waals surface area contributed by atoms with Crippen LogP contribution >= 0.6 is 0 Å². The topological polar surface area (TPSA) is 40.5 Å². The number of hydrogen-bond acceptors (Lipinski definition) is 2. The molecule has 1 atom stereocenters. The van der Waals surface area contributed by atoms with E-state index in [0.29, 0.717) is 0 Å². The summed E-state index contributed by atoms with van der Waals surface area (Å²) in [6.45, 7) is 2.23. The maximum absolute atomic E-state index is 9.84. The number of aliphatic hydroxyl groups excluding tert-OH is 2. The first-order chi connectivity index (χ1) is 5.75. The molecule has 1 rings (SSSR count). The molecule has 2 nitrogen and oxygen atoms in total. The summed E-state index contributed by atoms with van der Waals surface area (Å²) >= 11 is 0. The molecule has 2 heteroatoms. The highest BCUT2D eigenvalue weighted by atomic mass is 16.3. The molecule has 1 aliphatic rings. The molecule has 0 unspecified atom stereocenters. The summed E-state index contributed by atoms with van der Waals surface area (Å²) in [5, 5.41) is 19.1. The van der Waals surface area contributed by atoms with Crippen LogP contribution < -0.4 is 0 Å². The lowest BCUT2D eigenvalue weighted by atomic mass is 9.79. The second-order valence-corrected chi connectivity index (χ2v) is 4.03. The monoisotopic (exact) mass is 172 g/mol. The smallest absolute Gasteiger partial charge is 0.0618 e. The van der Waals surface area contributed by atoms with Crippen LogP contribution in [0.15, 0.2) is 0 Å². The van der Waals surface area contributed by atoms with Crippen LogP contribution in [0.1, 0.15) is 45.4 Å². The SMILES string of the molecule is CCC[C@@H](O)C1(CO)CCCC1. The fourth-order valence-corrected chi connectivity index (χ4v) is 2.26. The van der Waals surface area contributed by atoms with E-state index < -0.39 is 0 Å². The Labute approximate surface area is 74.6 Å². The molecule has 0 bridgehead atoms. The van der Waals surface area contributed by atoms with Crippen molar-refractivity contribution in [2.24, 2.45) is 5.41 Å². The van der Waals surface area contributed by atoms with Crippen LogP contribution in [0.4, 0.5) is 0 Å². The van der Waals surface area contributed by atoms with Gasteiger partial charge in [-0.1, -0.05) is 26.2 Å². The molecule has 0 saturated heterocycles. The molecule has 72 valence electrons. The minimum Gasteiger partial charge on any atom is -0.396 e. The summed E-state index contributed by atoms with van der Waals surface area (Å²) < 4.78 is 0. The van der Waals surface area contributed by atoms with Gasteiger partial charge in [0.05, 0.1) is 12.7 Å². The maximum Gasteiger partial charge on any atom is 0.0618 e. The Morgan fingerprint density at radius 3 is 2.33 bits per heavy atom. The first-order valence-corrected chi connectivity index (χ1v) is 5.04. The van der Waals surface area contributed by atoms with E-state index in [0.717, 1.165) is 25.7 Å². The van der Waals surface area contributed by atoms with Crippen LogP contribution in [0.5, 0.6) is 0 Å². The summed E-state index contributed by atoms with van der Waals surface area (Å²) in [6, 6.07) is 0. The van der Waals surface area contributed by atoms with Crippen molar-refractivity contribution in [3.05, 3.63) is 0 Å². The van der Waals surface area contributed by atoms with Crippen LogP contribution in [0.2, 0.25) is 0 Å². The average Bonchev–Trinajstić information content (AvgIpc) is 2.54. The van der Waals surface area contributed by atoms with Crippen molar-refractivity contribution < 1.29 is 10.2 Å². The van der Waals surface area contributed by atoms with E-state index in [4.69, 9.17) is 0 Å². The van der Waals surface area contributed by atoms with Gasteiger partial charge in [0, 0.05) is 5.41 Å². The molecule has 2 N–H and O–H groups in total. The Balaban J connectivity index is 2.52. The van der Waals surface area contributed by atoms with E-state index in [9.17, 15) is 10.2 Å². The third-order valence-electron chi connectivity index (χ3n) is 3.18. The fraction of sp³-hybridized carbons (Fsp3) is 1.00. The van der Waals surface area contributed by atoms with E-state index >= 15 is 0 Å². The van der Waals surface area contributed by atoms with Crippen LogP contribution in [0, 0.1) is 5.41 Å². The van der Waals surface area contributed by atoms with Gasteiger partial charge in [-0.05, 0) is 19.3 Å². The number of aliphatic hydroxyl groups is 2. The second kappa shape index (κ2) is 4.24. The largest absolute Gasteiger partial charge is 0.396 e. The third kappa shape index (κ3) is 1.80. The van der Waals surface area contributed by atoms with Gasteiger partial charge < -0.3 is 10.2 Å². The highest BCUT2D eigenvalue weighted by molar-refractivity contribution is 4.89. The molecular formula is C10H20O2. The van der Waals surface area contributed by atoms with Gasteiger partial charge in [0.25, 0.3) is 0 Å². The van der Waals surface area contributed by atoms with Crippen molar-refractivity contribution in [3.63, 3.8) is 0 Å².